The Morgan fingerprint density at radius 1 is 1.43 bits per heavy atom. The molecule has 114 valence electrons. The molecule has 0 unspecified atom stereocenters. The van der Waals surface area contributed by atoms with Gasteiger partial charge in [-0.25, -0.2) is 4.39 Å². The highest BCUT2D eigenvalue weighted by molar-refractivity contribution is 6.41. The van der Waals surface area contributed by atoms with Crippen molar-refractivity contribution in [3.63, 3.8) is 0 Å². The minimum Gasteiger partial charge on any atom is -0.375 e. The van der Waals surface area contributed by atoms with Crippen LogP contribution in [-0.2, 0) is 14.3 Å². The molecule has 0 radical (unpaired) electrons. The molecule has 0 aliphatic carbocycles. The van der Waals surface area contributed by atoms with Crippen LogP contribution in [0, 0.1) is 5.82 Å². The van der Waals surface area contributed by atoms with E-state index in [0.29, 0.717) is 13.2 Å². The summed E-state index contributed by atoms with van der Waals surface area (Å²) in [5.74, 6) is -1.97. The number of hydrogen-bond donors (Lipinski definition) is 1. The van der Waals surface area contributed by atoms with Crippen molar-refractivity contribution < 1.29 is 18.7 Å². The molecular weight excluding hydrogens is 299 g/mol. The van der Waals surface area contributed by atoms with Crippen LogP contribution in [0.4, 0.5) is 10.1 Å². The number of benzene rings is 1. The van der Waals surface area contributed by atoms with Gasteiger partial charge in [-0.15, -0.1) is 0 Å². The Bertz CT molecular complexity index is 567. The second-order valence-corrected chi connectivity index (χ2v) is 5.30. The molecule has 1 heterocycles. The van der Waals surface area contributed by atoms with Gasteiger partial charge in [0.2, 0.25) is 0 Å². The first kappa shape index (κ1) is 15.7. The fourth-order valence-corrected chi connectivity index (χ4v) is 2.33. The Labute approximate surface area is 127 Å². The lowest BCUT2D eigenvalue weighted by molar-refractivity contribution is -0.152. The van der Waals surface area contributed by atoms with Gasteiger partial charge in [0.15, 0.2) is 0 Å². The van der Waals surface area contributed by atoms with E-state index in [1.165, 1.54) is 11.0 Å². The van der Waals surface area contributed by atoms with E-state index in [2.05, 4.69) is 5.32 Å². The monoisotopic (exact) mass is 314 g/mol. The Kier molecular flexibility index (Phi) is 4.80. The van der Waals surface area contributed by atoms with Crippen LogP contribution >= 0.6 is 11.6 Å². The number of anilines is 1. The van der Waals surface area contributed by atoms with Gasteiger partial charge in [0.05, 0.1) is 29.5 Å². The molecule has 1 aromatic carbocycles. The van der Waals surface area contributed by atoms with Crippen LogP contribution in [0.25, 0.3) is 0 Å². The van der Waals surface area contributed by atoms with Crippen LogP contribution in [0.15, 0.2) is 18.2 Å². The van der Waals surface area contributed by atoms with E-state index in [9.17, 15) is 14.0 Å². The van der Waals surface area contributed by atoms with Gasteiger partial charge in [0.1, 0.15) is 5.82 Å². The van der Waals surface area contributed by atoms with E-state index in [-0.39, 0.29) is 22.9 Å². The fourth-order valence-electron chi connectivity index (χ4n) is 2.12. The summed E-state index contributed by atoms with van der Waals surface area (Å²) in [5, 5.41) is 2.44. The minimum absolute atomic E-state index is 0.0412. The molecule has 0 saturated carbocycles. The van der Waals surface area contributed by atoms with E-state index < -0.39 is 17.6 Å². The average Bonchev–Trinajstić information content (AvgIpc) is 2.44. The zero-order valence-corrected chi connectivity index (χ0v) is 12.5. The molecule has 7 heteroatoms. The lowest BCUT2D eigenvalue weighted by atomic mass is 10.1. The van der Waals surface area contributed by atoms with Gasteiger partial charge in [0.25, 0.3) is 0 Å². The molecule has 21 heavy (non-hydrogen) atoms. The van der Waals surface area contributed by atoms with E-state index in [4.69, 9.17) is 16.3 Å². The second kappa shape index (κ2) is 6.41. The van der Waals surface area contributed by atoms with Crippen LogP contribution < -0.4 is 5.32 Å². The van der Waals surface area contributed by atoms with Crippen molar-refractivity contribution in [3.05, 3.63) is 29.0 Å². The summed E-state index contributed by atoms with van der Waals surface area (Å²) >= 11 is 5.82. The number of ether oxygens (including phenoxy) is 1. The number of carbonyl (C=O) groups is 2. The number of morpholine rings is 1. The zero-order valence-electron chi connectivity index (χ0n) is 11.7. The van der Waals surface area contributed by atoms with Gasteiger partial charge in [-0.1, -0.05) is 11.6 Å². The number of halogens is 2. The molecule has 1 N–H and O–H groups in total. The summed E-state index contributed by atoms with van der Waals surface area (Å²) in [4.78, 5) is 25.6. The van der Waals surface area contributed by atoms with E-state index in [1.807, 2.05) is 13.8 Å². The standard InChI is InChI=1S/C14H16ClFN2O3/c1-8-9(2)21-6-5-18(8)14(20)13(19)17-12-4-3-10(16)7-11(12)15/h3-4,7-9H,5-6H2,1-2H3,(H,17,19)/t8-,9+/m0/s1. The van der Waals surface area contributed by atoms with Crippen LogP contribution in [0.2, 0.25) is 5.02 Å². The number of amides is 2. The van der Waals surface area contributed by atoms with Crippen molar-refractivity contribution in [2.24, 2.45) is 0 Å². The highest BCUT2D eigenvalue weighted by Gasteiger charge is 2.32. The van der Waals surface area contributed by atoms with Gasteiger partial charge in [0, 0.05) is 6.54 Å². The van der Waals surface area contributed by atoms with Gasteiger partial charge in [-0.05, 0) is 32.0 Å². The van der Waals surface area contributed by atoms with E-state index >= 15 is 0 Å². The van der Waals surface area contributed by atoms with Crippen molar-refractivity contribution >= 4 is 29.1 Å². The number of nitrogens with one attached hydrogen (secondary N) is 1. The van der Waals surface area contributed by atoms with Gasteiger partial charge in [-0.3, -0.25) is 9.59 Å². The smallest absolute Gasteiger partial charge is 0.313 e. The first-order chi connectivity index (χ1) is 9.90. The van der Waals surface area contributed by atoms with Crippen molar-refractivity contribution in [1.82, 2.24) is 4.90 Å². The average molecular weight is 315 g/mol. The fraction of sp³-hybridized carbons (Fsp3) is 0.429. The van der Waals surface area contributed by atoms with Crippen LogP contribution in [0.3, 0.4) is 0 Å². The SMILES string of the molecule is C[C@H]1OCCN(C(=O)C(=O)Nc2ccc(F)cc2Cl)[C@H]1C. The molecule has 1 saturated heterocycles. The lowest BCUT2D eigenvalue weighted by Gasteiger charge is -2.37. The number of hydrogen-bond acceptors (Lipinski definition) is 3. The molecule has 1 aromatic rings. The maximum Gasteiger partial charge on any atom is 0.313 e. The summed E-state index contributed by atoms with van der Waals surface area (Å²) in [7, 11) is 0. The summed E-state index contributed by atoms with van der Waals surface area (Å²) < 4.78 is 18.4. The van der Waals surface area contributed by atoms with E-state index in [0.717, 1.165) is 12.1 Å². The minimum atomic E-state index is -0.801. The summed E-state index contributed by atoms with van der Waals surface area (Å²) in [6.07, 6.45) is -0.134. The quantitative estimate of drug-likeness (QED) is 0.807. The highest BCUT2D eigenvalue weighted by atomic mass is 35.5. The maximum atomic E-state index is 12.9. The highest BCUT2D eigenvalue weighted by Crippen LogP contribution is 2.22. The summed E-state index contributed by atoms with van der Waals surface area (Å²) in [6.45, 7) is 4.41. The largest absolute Gasteiger partial charge is 0.375 e. The molecule has 1 aliphatic rings. The summed E-state index contributed by atoms with van der Waals surface area (Å²) in [6, 6.07) is 3.35. The zero-order chi connectivity index (χ0) is 15.6. The van der Waals surface area contributed by atoms with Gasteiger partial charge < -0.3 is 15.0 Å². The third-order valence-corrected chi connectivity index (χ3v) is 3.83. The number of carbonyl (C=O) groups excluding carboxylic acids is 2. The van der Waals surface area contributed by atoms with Gasteiger partial charge in [-0.2, -0.15) is 0 Å². The molecule has 0 spiro atoms. The molecular formula is C14H16ClFN2O3. The Morgan fingerprint density at radius 2 is 2.14 bits per heavy atom. The molecule has 5 nitrogen and oxygen atoms in total. The second-order valence-electron chi connectivity index (χ2n) is 4.89. The normalized spacial score (nSPS) is 22.0. The predicted molar refractivity (Wildman–Crippen MR) is 76.6 cm³/mol. The van der Waals surface area contributed by atoms with Crippen LogP contribution in [0.5, 0.6) is 0 Å². The Morgan fingerprint density at radius 3 is 2.81 bits per heavy atom. The van der Waals surface area contributed by atoms with E-state index in [1.54, 1.807) is 0 Å². The molecule has 0 aromatic heterocycles. The van der Waals surface area contributed by atoms with Crippen molar-refractivity contribution in [1.29, 1.82) is 0 Å². The molecule has 2 rings (SSSR count). The van der Waals surface area contributed by atoms with Crippen molar-refractivity contribution in [2.75, 3.05) is 18.5 Å². The number of rotatable bonds is 1. The lowest BCUT2D eigenvalue weighted by Crippen LogP contribution is -2.54. The molecule has 1 fully saturated rings. The topological polar surface area (TPSA) is 58.6 Å². The first-order valence-electron chi connectivity index (χ1n) is 6.58. The van der Waals surface area contributed by atoms with Crippen molar-refractivity contribution in [2.45, 2.75) is 26.0 Å². The molecule has 0 bridgehead atoms. The number of nitrogens with zero attached hydrogens (tertiary/aromatic N) is 1. The third-order valence-electron chi connectivity index (χ3n) is 3.52. The Hall–Kier alpha value is -1.66. The van der Waals surface area contributed by atoms with Crippen molar-refractivity contribution in [3.8, 4) is 0 Å². The van der Waals surface area contributed by atoms with Gasteiger partial charge >= 0.3 is 11.8 Å². The van der Waals surface area contributed by atoms with Crippen LogP contribution in [0.1, 0.15) is 13.8 Å². The molecule has 2 amide bonds. The molecule has 1 aliphatic heterocycles. The van der Waals surface area contributed by atoms with Crippen LogP contribution in [-0.4, -0.2) is 42.0 Å². The maximum absolute atomic E-state index is 12.9. The first-order valence-corrected chi connectivity index (χ1v) is 6.96. The predicted octanol–water partition coefficient (Wildman–Crippen LogP) is 2.05. The molecule has 2 atom stereocenters. The Balaban J connectivity index is 2.07. The summed E-state index contributed by atoms with van der Waals surface area (Å²) in [5.41, 5.74) is 0.199. The third kappa shape index (κ3) is 3.51.